The maximum absolute atomic E-state index is 14.1. The average molecular weight is 341 g/mol. The second-order valence-electron chi connectivity index (χ2n) is 7.79. The van der Waals surface area contributed by atoms with Crippen LogP contribution in [-0.4, -0.2) is 12.7 Å². The lowest BCUT2D eigenvalue weighted by Gasteiger charge is -2.48. The predicted octanol–water partition coefficient (Wildman–Crippen LogP) is 5.07. The summed E-state index contributed by atoms with van der Waals surface area (Å²) in [7, 11) is 0. The molecule has 0 fully saturated rings. The molecule has 0 aromatic heterocycles. The number of hydrogen-bond acceptors (Lipinski definition) is 3. The van der Waals surface area contributed by atoms with Crippen molar-refractivity contribution in [1.82, 2.24) is 0 Å². The summed E-state index contributed by atoms with van der Waals surface area (Å²) in [4.78, 5) is 0. The molecule has 25 heavy (non-hydrogen) atoms. The monoisotopic (exact) mass is 341 g/mol. The number of halogens is 1. The minimum atomic E-state index is -0.290. The molecule has 0 spiro atoms. The van der Waals surface area contributed by atoms with Gasteiger partial charge in [0.15, 0.2) is 11.6 Å². The van der Waals surface area contributed by atoms with E-state index in [-0.39, 0.29) is 29.3 Å². The Morgan fingerprint density at radius 3 is 2.80 bits per heavy atom. The summed E-state index contributed by atoms with van der Waals surface area (Å²) < 4.78 is 25.8. The van der Waals surface area contributed by atoms with E-state index in [0.717, 1.165) is 17.0 Å². The van der Waals surface area contributed by atoms with Gasteiger partial charge >= 0.3 is 0 Å². The summed E-state index contributed by atoms with van der Waals surface area (Å²) in [5.41, 5.74) is 3.08. The van der Waals surface area contributed by atoms with Crippen LogP contribution in [-0.2, 0) is 5.41 Å². The van der Waals surface area contributed by atoms with E-state index >= 15 is 0 Å². The topological polar surface area (TPSA) is 30.5 Å². The van der Waals surface area contributed by atoms with Crippen LogP contribution in [0.1, 0.15) is 44.9 Å². The molecular weight excluding hydrogens is 317 g/mol. The Morgan fingerprint density at radius 2 is 2.04 bits per heavy atom. The lowest BCUT2D eigenvalue weighted by molar-refractivity contribution is 0.130. The molecule has 2 atom stereocenters. The fraction of sp³-hybridized carbons (Fsp3) is 0.429. The first-order chi connectivity index (χ1) is 11.9. The Morgan fingerprint density at radius 1 is 1.24 bits per heavy atom. The molecule has 1 N–H and O–H groups in total. The molecule has 0 aliphatic carbocycles. The first kappa shape index (κ1) is 16.2. The molecule has 0 radical (unpaired) electrons. The van der Waals surface area contributed by atoms with Crippen LogP contribution in [0.5, 0.6) is 11.5 Å². The van der Waals surface area contributed by atoms with Gasteiger partial charge in [0, 0.05) is 22.6 Å². The average Bonchev–Trinajstić information content (AvgIpc) is 2.55. The van der Waals surface area contributed by atoms with E-state index in [4.69, 9.17) is 9.47 Å². The summed E-state index contributed by atoms with van der Waals surface area (Å²) in [5, 5.41) is 3.62. The summed E-state index contributed by atoms with van der Waals surface area (Å²) in [5.74, 6) is 1.19. The van der Waals surface area contributed by atoms with Gasteiger partial charge in [0.1, 0.15) is 5.75 Å². The second-order valence-corrected chi connectivity index (χ2v) is 7.79. The minimum Gasteiger partial charge on any atom is -0.491 e. The fourth-order valence-corrected chi connectivity index (χ4v) is 4.11. The van der Waals surface area contributed by atoms with Crippen molar-refractivity contribution in [3.05, 3.63) is 53.3 Å². The Bertz CT molecular complexity index is 816. The first-order valence-corrected chi connectivity index (χ1v) is 8.87. The Kier molecular flexibility index (Phi) is 3.67. The van der Waals surface area contributed by atoms with Crippen LogP contribution in [0.15, 0.2) is 36.4 Å². The van der Waals surface area contributed by atoms with E-state index in [2.05, 4.69) is 31.3 Å². The van der Waals surface area contributed by atoms with Crippen molar-refractivity contribution < 1.29 is 13.9 Å². The van der Waals surface area contributed by atoms with E-state index < -0.39 is 0 Å². The molecule has 2 aromatic carbocycles. The van der Waals surface area contributed by atoms with Gasteiger partial charge < -0.3 is 14.8 Å². The van der Waals surface area contributed by atoms with Gasteiger partial charge in [-0.15, -0.1) is 0 Å². The van der Waals surface area contributed by atoms with Crippen LogP contribution in [0.3, 0.4) is 0 Å². The third-order valence-electron chi connectivity index (χ3n) is 5.44. The molecule has 0 saturated heterocycles. The van der Waals surface area contributed by atoms with Crippen LogP contribution in [0.4, 0.5) is 10.1 Å². The Hall–Kier alpha value is -2.23. The zero-order valence-electron chi connectivity index (χ0n) is 15.1. The van der Waals surface area contributed by atoms with Gasteiger partial charge in [-0.05, 0) is 43.7 Å². The number of benzene rings is 2. The number of fused-ring (bicyclic) bond motifs is 4. The lowest BCUT2D eigenvalue weighted by Crippen LogP contribution is -2.46. The normalized spacial score (nSPS) is 23.0. The van der Waals surface area contributed by atoms with Crippen LogP contribution < -0.4 is 14.8 Å². The molecule has 0 bridgehead atoms. The van der Waals surface area contributed by atoms with Crippen LogP contribution in [0.2, 0.25) is 0 Å². The number of para-hydroxylation sites is 1. The molecule has 132 valence electrons. The van der Waals surface area contributed by atoms with E-state index in [9.17, 15) is 4.39 Å². The first-order valence-electron chi connectivity index (χ1n) is 8.87. The number of ether oxygens (including phenoxy) is 2. The number of hydrogen-bond donors (Lipinski definition) is 1. The van der Waals surface area contributed by atoms with Crippen molar-refractivity contribution >= 4 is 5.69 Å². The van der Waals surface area contributed by atoms with Crippen molar-refractivity contribution in [1.29, 1.82) is 0 Å². The van der Waals surface area contributed by atoms with Crippen molar-refractivity contribution in [2.24, 2.45) is 5.92 Å². The highest BCUT2D eigenvalue weighted by Crippen LogP contribution is 2.52. The maximum Gasteiger partial charge on any atom is 0.165 e. The van der Waals surface area contributed by atoms with E-state index in [1.165, 1.54) is 11.6 Å². The molecule has 2 aliphatic heterocycles. The van der Waals surface area contributed by atoms with Gasteiger partial charge in [0.25, 0.3) is 0 Å². The van der Waals surface area contributed by atoms with E-state index in [1.807, 2.05) is 26.0 Å². The Labute approximate surface area is 148 Å². The molecule has 4 rings (SSSR count). The molecule has 2 aliphatic rings. The van der Waals surface area contributed by atoms with Gasteiger partial charge in [-0.25, -0.2) is 4.39 Å². The third kappa shape index (κ3) is 2.55. The van der Waals surface area contributed by atoms with Crippen LogP contribution >= 0.6 is 0 Å². The number of nitrogens with one attached hydrogen (secondary N) is 1. The molecule has 1 unspecified atom stereocenters. The van der Waals surface area contributed by atoms with Crippen molar-refractivity contribution in [3.63, 3.8) is 0 Å². The van der Waals surface area contributed by atoms with Gasteiger partial charge in [-0.2, -0.15) is 0 Å². The van der Waals surface area contributed by atoms with Crippen LogP contribution in [0.25, 0.3) is 0 Å². The summed E-state index contributed by atoms with van der Waals surface area (Å²) in [6.45, 7) is 9.01. The van der Waals surface area contributed by atoms with E-state index in [0.29, 0.717) is 12.4 Å². The smallest absolute Gasteiger partial charge is 0.165 e. The van der Waals surface area contributed by atoms with E-state index in [1.54, 1.807) is 6.07 Å². The standard InChI is InChI=1S/C21H24FNO2/c1-12(2)25-13-8-9-18-15(10-13)21(3,4)16-11-24-20-14(19(16)23-18)6-5-7-17(20)22/h5-10,12,16,19,23H,11H2,1-4H3/t16?,19-/m1/s1. The molecular formula is C21H24FNO2. The van der Waals surface area contributed by atoms with Gasteiger partial charge in [0.2, 0.25) is 0 Å². The highest BCUT2D eigenvalue weighted by Gasteiger charge is 2.46. The SMILES string of the molecule is CC(C)Oc1ccc2c(c1)C(C)(C)C1COc3c(F)cccc3[C@H]1N2. The van der Waals surface area contributed by atoms with Gasteiger partial charge in [-0.3, -0.25) is 0 Å². The number of rotatable bonds is 2. The quantitative estimate of drug-likeness (QED) is 0.827. The number of anilines is 1. The Balaban J connectivity index is 1.79. The predicted molar refractivity (Wildman–Crippen MR) is 97.0 cm³/mol. The molecule has 4 heteroatoms. The molecule has 2 heterocycles. The zero-order valence-corrected chi connectivity index (χ0v) is 15.1. The van der Waals surface area contributed by atoms with Gasteiger partial charge in [-0.1, -0.05) is 26.0 Å². The second kappa shape index (κ2) is 5.65. The zero-order chi connectivity index (χ0) is 17.8. The summed E-state index contributed by atoms with van der Waals surface area (Å²) >= 11 is 0. The maximum atomic E-state index is 14.1. The minimum absolute atomic E-state index is 0.0406. The van der Waals surface area contributed by atoms with Crippen LogP contribution in [0, 0.1) is 11.7 Å². The summed E-state index contributed by atoms with van der Waals surface area (Å²) in [6, 6.07) is 11.4. The van der Waals surface area contributed by atoms with Gasteiger partial charge in [0.05, 0.1) is 18.8 Å². The fourth-order valence-electron chi connectivity index (χ4n) is 4.11. The molecule has 3 nitrogen and oxygen atoms in total. The molecule has 2 aromatic rings. The molecule has 0 saturated carbocycles. The van der Waals surface area contributed by atoms with Crippen molar-refractivity contribution in [2.45, 2.75) is 45.3 Å². The van der Waals surface area contributed by atoms with Crippen molar-refractivity contribution in [3.8, 4) is 11.5 Å². The molecule has 0 amide bonds. The van der Waals surface area contributed by atoms with Crippen molar-refractivity contribution in [2.75, 3.05) is 11.9 Å². The largest absolute Gasteiger partial charge is 0.491 e. The highest BCUT2D eigenvalue weighted by atomic mass is 19.1. The third-order valence-corrected chi connectivity index (χ3v) is 5.44. The lowest BCUT2D eigenvalue weighted by atomic mass is 9.65. The highest BCUT2D eigenvalue weighted by molar-refractivity contribution is 5.63. The summed E-state index contributed by atoms with van der Waals surface area (Å²) in [6.07, 6.45) is 0.137.